The molecule has 1 heterocycles. The Morgan fingerprint density at radius 2 is 1.92 bits per heavy atom. The Balaban J connectivity index is 1.45. The number of hydrogen-bond acceptors (Lipinski definition) is 5. The second-order valence-electron chi connectivity index (χ2n) is 5.75. The number of nitrogens with zero attached hydrogens (tertiary/aromatic N) is 1. The summed E-state index contributed by atoms with van der Waals surface area (Å²) in [7, 11) is 0. The number of carbonyl (C=O) groups is 1. The van der Waals surface area contributed by atoms with E-state index in [4.69, 9.17) is 0 Å². The fourth-order valence-electron chi connectivity index (χ4n) is 2.77. The van der Waals surface area contributed by atoms with Gasteiger partial charge < -0.3 is 10.6 Å². The quantitative estimate of drug-likeness (QED) is 0.477. The van der Waals surface area contributed by atoms with Gasteiger partial charge in [-0.2, -0.15) is 0 Å². The molecule has 3 rings (SSSR count). The predicted octanol–water partition coefficient (Wildman–Crippen LogP) is 3.38. The highest BCUT2D eigenvalue weighted by molar-refractivity contribution is 7.14. The number of fused-ring (bicyclic) bond motifs is 1. The third-order valence-corrected chi connectivity index (χ3v) is 5.27. The maximum Gasteiger partial charge on any atom is 0.269 e. The average molecular weight is 345 g/mol. The molecular formula is C17H19N3O3S. The van der Waals surface area contributed by atoms with Crippen molar-refractivity contribution in [2.75, 3.05) is 18.4 Å². The summed E-state index contributed by atoms with van der Waals surface area (Å²) in [5.41, 5.74) is 2.19. The standard InChI is InChI=1S/C17H19N3O3S/c21-17(16-11-12-3-1-2-4-15(12)24-16)19-10-9-18-13-5-7-14(8-6-13)20(22)23/h5-8,11,18H,1-4,9-10H2,(H,19,21). The highest BCUT2D eigenvalue weighted by atomic mass is 32.1. The van der Waals surface area contributed by atoms with Gasteiger partial charge in [-0.25, -0.2) is 0 Å². The van der Waals surface area contributed by atoms with E-state index in [1.165, 1.54) is 35.4 Å². The highest BCUT2D eigenvalue weighted by Gasteiger charge is 2.16. The number of non-ortho nitro benzene ring substituents is 1. The topological polar surface area (TPSA) is 84.3 Å². The van der Waals surface area contributed by atoms with Gasteiger partial charge in [-0.1, -0.05) is 0 Å². The van der Waals surface area contributed by atoms with Gasteiger partial charge in [0, 0.05) is 35.8 Å². The number of benzene rings is 1. The molecule has 1 aliphatic rings. The predicted molar refractivity (Wildman–Crippen MR) is 94.9 cm³/mol. The molecule has 2 N–H and O–H groups in total. The van der Waals surface area contributed by atoms with Crippen LogP contribution in [0.1, 0.15) is 33.0 Å². The first-order valence-electron chi connectivity index (χ1n) is 8.01. The summed E-state index contributed by atoms with van der Waals surface area (Å²) < 4.78 is 0. The van der Waals surface area contributed by atoms with Crippen molar-refractivity contribution in [2.24, 2.45) is 0 Å². The summed E-state index contributed by atoms with van der Waals surface area (Å²) in [6.45, 7) is 1.06. The Hall–Kier alpha value is -2.41. The number of nitrogens with one attached hydrogen (secondary N) is 2. The van der Waals surface area contributed by atoms with Crippen LogP contribution in [0.25, 0.3) is 0 Å². The van der Waals surface area contributed by atoms with E-state index in [2.05, 4.69) is 10.6 Å². The van der Waals surface area contributed by atoms with E-state index in [0.29, 0.717) is 13.1 Å². The zero-order chi connectivity index (χ0) is 16.9. The number of thiophene rings is 1. The minimum atomic E-state index is -0.426. The number of aryl methyl sites for hydroxylation is 2. The van der Waals surface area contributed by atoms with Crippen LogP contribution in [-0.2, 0) is 12.8 Å². The lowest BCUT2D eigenvalue weighted by atomic mass is 9.99. The molecule has 0 unspecified atom stereocenters. The molecule has 0 radical (unpaired) electrons. The summed E-state index contributed by atoms with van der Waals surface area (Å²) in [6.07, 6.45) is 4.60. The highest BCUT2D eigenvalue weighted by Crippen LogP contribution is 2.29. The number of hydrogen-bond donors (Lipinski definition) is 2. The monoisotopic (exact) mass is 345 g/mol. The van der Waals surface area contributed by atoms with E-state index in [0.717, 1.165) is 23.4 Å². The normalized spacial score (nSPS) is 13.2. The van der Waals surface area contributed by atoms with Gasteiger partial charge in [0.1, 0.15) is 0 Å². The van der Waals surface area contributed by atoms with Crippen LogP contribution in [0.3, 0.4) is 0 Å². The number of amides is 1. The van der Waals surface area contributed by atoms with E-state index in [9.17, 15) is 14.9 Å². The van der Waals surface area contributed by atoms with Gasteiger partial charge in [-0.3, -0.25) is 14.9 Å². The van der Waals surface area contributed by atoms with Crippen LogP contribution in [0.4, 0.5) is 11.4 Å². The molecule has 1 aliphatic carbocycles. The third kappa shape index (κ3) is 3.91. The molecule has 0 atom stereocenters. The minimum absolute atomic E-state index is 0.0279. The first-order valence-corrected chi connectivity index (χ1v) is 8.83. The Kier molecular flexibility index (Phi) is 5.10. The van der Waals surface area contributed by atoms with Gasteiger partial charge in [0.05, 0.1) is 9.80 Å². The van der Waals surface area contributed by atoms with Gasteiger partial charge in [0.2, 0.25) is 0 Å². The van der Waals surface area contributed by atoms with Gasteiger partial charge in [-0.15, -0.1) is 11.3 Å². The zero-order valence-corrected chi connectivity index (χ0v) is 14.0. The maximum atomic E-state index is 12.2. The van der Waals surface area contributed by atoms with E-state index in [-0.39, 0.29) is 11.6 Å². The molecule has 1 aromatic carbocycles. The van der Waals surface area contributed by atoms with Crippen molar-refractivity contribution in [1.82, 2.24) is 5.32 Å². The van der Waals surface area contributed by atoms with Crippen molar-refractivity contribution >= 4 is 28.6 Å². The molecule has 1 aromatic heterocycles. The second kappa shape index (κ2) is 7.44. The molecule has 6 nitrogen and oxygen atoms in total. The van der Waals surface area contributed by atoms with Crippen molar-refractivity contribution in [1.29, 1.82) is 0 Å². The lowest BCUT2D eigenvalue weighted by Gasteiger charge is -2.08. The molecule has 7 heteroatoms. The fourth-order valence-corrected chi connectivity index (χ4v) is 3.94. The molecule has 0 spiro atoms. The van der Waals surface area contributed by atoms with Crippen molar-refractivity contribution in [3.8, 4) is 0 Å². The molecule has 0 fully saturated rings. The molecule has 1 amide bonds. The number of carbonyl (C=O) groups excluding carboxylic acids is 1. The summed E-state index contributed by atoms with van der Waals surface area (Å²) in [5, 5.41) is 16.6. The van der Waals surface area contributed by atoms with Crippen LogP contribution in [0.5, 0.6) is 0 Å². The molecular weight excluding hydrogens is 326 g/mol. The van der Waals surface area contributed by atoms with Crippen LogP contribution in [0, 0.1) is 10.1 Å². The summed E-state index contributed by atoms with van der Waals surface area (Å²) in [4.78, 5) is 24.5. The molecule has 2 aromatic rings. The minimum Gasteiger partial charge on any atom is -0.383 e. The van der Waals surface area contributed by atoms with Crippen molar-refractivity contribution < 1.29 is 9.72 Å². The molecule has 0 bridgehead atoms. The van der Waals surface area contributed by atoms with Crippen LogP contribution >= 0.6 is 11.3 Å². The smallest absolute Gasteiger partial charge is 0.269 e. The molecule has 126 valence electrons. The van der Waals surface area contributed by atoms with E-state index < -0.39 is 4.92 Å². The Morgan fingerprint density at radius 1 is 1.17 bits per heavy atom. The number of nitro benzene ring substituents is 1. The third-order valence-electron chi connectivity index (χ3n) is 4.04. The van der Waals surface area contributed by atoms with Crippen LogP contribution in [0.15, 0.2) is 30.3 Å². The molecule has 24 heavy (non-hydrogen) atoms. The Labute approximate surface area is 144 Å². The van der Waals surface area contributed by atoms with Gasteiger partial charge in [0.15, 0.2) is 0 Å². The Morgan fingerprint density at radius 3 is 2.62 bits per heavy atom. The fraction of sp³-hybridized carbons (Fsp3) is 0.353. The van der Waals surface area contributed by atoms with E-state index in [1.807, 2.05) is 6.07 Å². The van der Waals surface area contributed by atoms with Crippen molar-refractivity contribution in [3.63, 3.8) is 0 Å². The first kappa shape index (κ1) is 16.4. The van der Waals surface area contributed by atoms with Crippen molar-refractivity contribution in [2.45, 2.75) is 25.7 Å². The van der Waals surface area contributed by atoms with Crippen molar-refractivity contribution in [3.05, 3.63) is 55.8 Å². The molecule has 0 saturated heterocycles. The second-order valence-corrected chi connectivity index (χ2v) is 6.89. The summed E-state index contributed by atoms with van der Waals surface area (Å²) in [5.74, 6) is -0.0279. The number of anilines is 1. The van der Waals surface area contributed by atoms with Gasteiger partial charge in [0.25, 0.3) is 11.6 Å². The SMILES string of the molecule is O=C(NCCNc1ccc([N+](=O)[O-])cc1)c1cc2c(s1)CCCC2. The molecule has 0 saturated carbocycles. The van der Waals surface area contributed by atoms with Crippen LogP contribution in [-0.4, -0.2) is 23.9 Å². The lowest BCUT2D eigenvalue weighted by Crippen LogP contribution is -2.28. The molecule has 0 aliphatic heterocycles. The number of rotatable bonds is 6. The van der Waals surface area contributed by atoms with Crippen LogP contribution in [0.2, 0.25) is 0 Å². The maximum absolute atomic E-state index is 12.2. The van der Waals surface area contributed by atoms with Crippen LogP contribution < -0.4 is 10.6 Å². The summed E-state index contributed by atoms with van der Waals surface area (Å²) in [6, 6.07) is 8.26. The van der Waals surface area contributed by atoms with Gasteiger partial charge in [-0.05, 0) is 49.4 Å². The lowest BCUT2D eigenvalue weighted by molar-refractivity contribution is -0.384. The largest absolute Gasteiger partial charge is 0.383 e. The average Bonchev–Trinajstić information content (AvgIpc) is 3.03. The first-order chi connectivity index (χ1) is 11.6. The van der Waals surface area contributed by atoms with E-state index in [1.54, 1.807) is 23.5 Å². The summed E-state index contributed by atoms with van der Waals surface area (Å²) >= 11 is 1.61. The Bertz CT molecular complexity index is 717. The van der Waals surface area contributed by atoms with E-state index >= 15 is 0 Å². The van der Waals surface area contributed by atoms with Gasteiger partial charge >= 0.3 is 0 Å². The number of nitro groups is 1. The zero-order valence-electron chi connectivity index (χ0n) is 13.2.